The number of rotatable bonds is 5. The molecule has 1 unspecified atom stereocenters. The summed E-state index contributed by atoms with van der Waals surface area (Å²) < 4.78 is 12.2. The predicted octanol–water partition coefficient (Wildman–Crippen LogP) is 2.35. The largest absolute Gasteiger partial charge is 0.490 e. The zero-order valence-electron chi connectivity index (χ0n) is 12.8. The maximum Gasteiger partial charge on any atom is 0.339 e. The summed E-state index contributed by atoms with van der Waals surface area (Å²) in [5.41, 5.74) is -0.673. The lowest BCUT2D eigenvalue weighted by atomic mass is 10.1. The fourth-order valence-electron chi connectivity index (χ4n) is 2.31. The highest BCUT2D eigenvalue weighted by Gasteiger charge is 2.32. The standard InChI is InChI=1S/C16H21NO4/c1-11(2)21-14-7-5-6-13-12(14)8-9-17(13)10-16(3,19)15(18)20-4/h5-9,11,19H,10H2,1-4H3. The van der Waals surface area contributed by atoms with Crippen molar-refractivity contribution >= 4 is 16.9 Å². The van der Waals surface area contributed by atoms with Crippen molar-refractivity contribution in [3.8, 4) is 5.75 Å². The van der Waals surface area contributed by atoms with E-state index in [1.807, 2.05) is 48.9 Å². The summed E-state index contributed by atoms with van der Waals surface area (Å²) in [5.74, 6) is 0.137. The number of fused-ring (bicyclic) bond motifs is 1. The molecule has 21 heavy (non-hydrogen) atoms. The fourth-order valence-corrected chi connectivity index (χ4v) is 2.31. The molecule has 5 heteroatoms. The molecule has 1 atom stereocenters. The van der Waals surface area contributed by atoms with Crippen LogP contribution in [0.1, 0.15) is 20.8 Å². The van der Waals surface area contributed by atoms with E-state index in [2.05, 4.69) is 4.74 Å². The van der Waals surface area contributed by atoms with Crippen molar-refractivity contribution in [2.45, 2.75) is 39.0 Å². The Morgan fingerprint density at radius 2 is 2.10 bits per heavy atom. The highest BCUT2D eigenvalue weighted by Crippen LogP contribution is 2.28. The minimum atomic E-state index is -1.57. The summed E-state index contributed by atoms with van der Waals surface area (Å²) in [6, 6.07) is 7.64. The first-order chi connectivity index (χ1) is 9.85. The van der Waals surface area contributed by atoms with E-state index in [4.69, 9.17) is 4.74 Å². The van der Waals surface area contributed by atoms with E-state index >= 15 is 0 Å². The van der Waals surface area contributed by atoms with Crippen LogP contribution in [0.25, 0.3) is 10.9 Å². The van der Waals surface area contributed by atoms with Gasteiger partial charge in [-0.25, -0.2) is 4.79 Å². The van der Waals surface area contributed by atoms with Gasteiger partial charge in [0.25, 0.3) is 0 Å². The van der Waals surface area contributed by atoms with Crippen LogP contribution in [0.15, 0.2) is 30.5 Å². The van der Waals surface area contributed by atoms with Gasteiger partial charge in [0.1, 0.15) is 5.75 Å². The Kier molecular flexibility index (Phi) is 4.23. The second-order valence-electron chi connectivity index (χ2n) is 5.56. The molecule has 2 rings (SSSR count). The van der Waals surface area contributed by atoms with Crippen LogP contribution in [-0.4, -0.2) is 34.5 Å². The smallest absolute Gasteiger partial charge is 0.339 e. The molecule has 1 aromatic carbocycles. The Hall–Kier alpha value is -2.01. The van der Waals surface area contributed by atoms with E-state index in [9.17, 15) is 9.90 Å². The molecule has 1 heterocycles. The summed E-state index contributed by atoms with van der Waals surface area (Å²) in [5, 5.41) is 11.2. The van der Waals surface area contributed by atoms with Crippen molar-refractivity contribution in [1.29, 1.82) is 0 Å². The molecule has 2 aromatic rings. The topological polar surface area (TPSA) is 60.7 Å². The van der Waals surface area contributed by atoms with E-state index in [1.54, 1.807) is 0 Å². The van der Waals surface area contributed by atoms with Gasteiger partial charge in [0.05, 0.1) is 25.3 Å². The number of hydrogen-bond donors (Lipinski definition) is 1. The van der Waals surface area contributed by atoms with E-state index in [0.29, 0.717) is 0 Å². The molecule has 0 radical (unpaired) electrons. The number of hydrogen-bond acceptors (Lipinski definition) is 4. The van der Waals surface area contributed by atoms with Gasteiger partial charge in [0.2, 0.25) is 0 Å². The number of ether oxygens (including phenoxy) is 2. The number of aliphatic hydroxyl groups is 1. The second kappa shape index (κ2) is 5.77. The first-order valence-corrected chi connectivity index (χ1v) is 6.90. The third-order valence-electron chi connectivity index (χ3n) is 3.24. The average Bonchev–Trinajstić information content (AvgIpc) is 2.81. The summed E-state index contributed by atoms with van der Waals surface area (Å²) in [7, 11) is 1.26. The molecule has 0 aliphatic carbocycles. The monoisotopic (exact) mass is 291 g/mol. The number of carbonyl (C=O) groups excluding carboxylic acids is 1. The summed E-state index contributed by atoms with van der Waals surface area (Å²) in [6.45, 7) is 5.50. The molecular weight excluding hydrogens is 270 g/mol. The highest BCUT2D eigenvalue weighted by molar-refractivity contribution is 5.87. The predicted molar refractivity (Wildman–Crippen MR) is 80.3 cm³/mol. The highest BCUT2D eigenvalue weighted by atomic mass is 16.5. The van der Waals surface area contributed by atoms with Crippen LogP contribution >= 0.6 is 0 Å². The number of carbonyl (C=O) groups is 1. The van der Waals surface area contributed by atoms with Gasteiger partial charge >= 0.3 is 5.97 Å². The third-order valence-corrected chi connectivity index (χ3v) is 3.24. The molecule has 0 saturated heterocycles. The van der Waals surface area contributed by atoms with Crippen molar-refractivity contribution in [1.82, 2.24) is 4.57 Å². The Balaban J connectivity index is 2.37. The molecule has 1 aromatic heterocycles. The van der Waals surface area contributed by atoms with Crippen molar-refractivity contribution in [3.05, 3.63) is 30.5 Å². The summed E-state index contributed by atoms with van der Waals surface area (Å²) in [4.78, 5) is 11.6. The maximum absolute atomic E-state index is 11.6. The van der Waals surface area contributed by atoms with Crippen LogP contribution in [0, 0.1) is 0 Å². The zero-order valence-corrected chi connectivity index (χ0v) is 12.8. The minimum Gasteiger partial charge on any atom is -0.490 e. The number of benzene rings is 1. The van der Waals surface area contributed by atoms with Crippen molar-refractivity contribution < 1.29 is 19.4 Å². The first-order valence-electron chi connectivity index (χ1n) is 6.90. The van der Waals surface area contributed by atoms with Crippen LogP contribution in [0.5, 0.6) is 5.75 Å². The molecule has 0 saturated carbocycles. The van der Waals surface area contributed by atoms with Crippen LogP contribution in [0.4, 0.5) is 0 Å². The van der Waals surface area contributed by atoms with E-state index < -0.39 is 11.6 Å². The van der Waals surface area contributed by atoms with E-state index in [0.717, 1.165) is 16.7 Å². The summed E-state index contributed by atoms with van der Waals surface area (Å²) >= 11 is 0. The SMILES string of the molecule is COC(=O)C(C)(O)Cn1ccc2c(OC(C)C)cccc21. The van der Waals surface area contributed by atoms with Crippen LogP contribution in [0.3, 0.4) is 0 Å². The van der Waals surface area contributed by atoms with E-state index in [1.165, 1.54) is 14.0 Å². The first kappa shape index (κ1) is 15.4. The Labute approximate surface area is 124 Å². The number of esters is 1. The van der Waals surface area contributed by atoms with Gasteiger partial charge in [0, 0.05) is 11.6 Å². The molecule has 0 fully saturated rings. The molecule has 5 nitrogen and oxygen atoms in total. The van der Waals surface area contributed by atoms with Gasteiger partial charge in [-0.15, -0.1) is 0 Å². The normalized spacial score (nSPS) is 14.2. The summed E-state index contributed by atoms with van der Waals surface area (Å²) in [6.07, 6.45) is 1.91. The molecule has 1 N–H and O–H groups in total. The molecule has 0 aliphatic heterocycles. The lowest BCUT2D eigenvalue weighted by Crippen LogP contribution is -2.40. The van der Waals surface area contributed by atoms with Gasteiger partial charge in [-0.2, -0.15) is 0 Å². The third kappa shape index (κ3) is 3.19. The fraction of sp³-hybridized carbons (Fsp3) is 0.438. The lowest BCUT2D eigenvalue weighted by Gasteiger charge is -2.21. The van der Waals surface area contributed by atoms with Crippen LogP contribution in [-0.2, 0) is 16.1 Å². The van der Waals surface area contributed by atoms with Crippen molar-refractivity contribution in [3.63, 3.8) is 0 Å². The molecular formula is C16H21NO4. The van der Waals surface area contributed by atoms with Gasteiger partial charge < -0.3 is 19.1 Å². The van der Waals surface area contributed by atoms with Gasteiger partial charge in [0.15, 0.2) is 5.60 Å². The average molecular weight is 291 g/mol. The molecule has 0 spiro atoms. The Morgan fingerprint density at radius 3 is 2.71 bits per heavy atom. The number of methoxy groups -OCH3 is 1. The molecule has 0 amide bonds. The minimum absolute atomic E-state index is 0.0807. The van der Waals surface area contributed by atoms with E-state index in [-0.39, 0.29) is 12.6 Å². The van der Waals surface area contributed by atoms with Crippen molar-refractivity contribution in [2.75, 3.05) is 7.11 Å². The van der Waals surface area contributed by atoms with Crippen LogP contribution < -0.4 is 4.74 Å². The number of nitrogens with zero attached hydrogens (tertiary/aromatic N) is 1. The molecule has 0 aliphatic rings. The quantitative estimate of drug-likeness (QED) is 0.859. The van der Waals surface area contributed by atoms with Crippen LogP contribution in [0.2, 0.25) is 0 Å². The van der Waals surface area contributed by atoms with Gasteiger partial charge in [-0.3, -0.25) is 0 Å². The maximum atomic E-state index is 11.6. The lowest BCUT2D eigenvalue weighted by molar-refractivity contribution is -0.161. The second-order valence-corrected chi connectivity index (χ2v) is 5.56. The Bertz CT molecular complexity index is 643. The number of aromatic nitrogens is 1. The molecule has 114 valence electrons. The molecule has 0 bridgehead atoms. The van der Waals surface area contributed by atoms with Crippen molar-refractivity contribution in [2.24, 2.45) is 0 Å². The Morgan fingerprint density at radius 1 is 1.38 bits per heavy atom. The zero-order chi connectivity index (χ0) is 15.6. The van der Waals surface area contributed by atoms with Gasteiger partial charge in [-0.1, -0.05) is 6.07 Å². The van der Waals surface area contributed by atoms with Gasteiger partial charge in [-0.05, 0) is 39.0 Å².